The normalized spacial score (nSPS) is 14.8. The van der Waals surface area contributed by atoms with Crippen LogP contribution >= 0.6 is 0 Å². The Hall–Kier alpha value is -3.02. The fraction of sp³-hybridized carbons (Fsp3) is 0.391. The van der Waals surface area contributed by atoms with Gasteiger partial charge in [0.05, 0.1) is 17.2 Å². The van der Waals surface area contributed by atoms with Gasteiger partial charge in [0.15, 0.2) is 0 Å². The number of carbonyl (C=O) groups is 1. The van der Waals surface area contributed by atoms with Crippen molar-refractivity contribution in [3.8, 4) is 0 Å². The summed E-state index contributed by atoms with van der Waals surface area (Å²) in [7, 11) is 0. The van der Waals surface area contributed by atoms with Crippen LogP contribution in [0.2, 0.25) is 0 Å². The van der Waals surface area contributed by atoms with Gasteiger partial charge in [0.1, 0.15) is 5.82 Å². The van der Waals surface area contributed by atoms with E-state index >= 15 is 0 Å². The average molecular weight is 390 g/mol. The first-order valence-corrected chi connectivity index (χ1v) is 10.4. The second kappa shape index (κ2) is 8.99. The van der Waals surface area contributed by atoms with Crippen molar-refractivity contribution in [2.24, 2.45) is 5.92 Å². The first-order chi connectivity index (χ1) is 14.2. The lowest BCUT2D eigenvalue weighted by Gasteiger charge is -2.29. The molecule has 0 bridgehead atoms. The van der Waals surface area contributed by atoms with Crippen LogP contribution in [-0.2, 0) is 11.3 Å². The van der Waals surface area contributed by atoms with Crippen molar-refractivity contribution in [3.63, 3.8) is 0 Å². The van der Waals surface area contributed by atoms with E-state index in [-0.39, 0.29) is 17.9 Å². The lowest BCUT2D eigenvalue weighted by atomic mass is 9.89. The first-order valence-electron chi connectivity index (χ1n) is 10.4. The summed E-state index contributed by atoms with van der Waals surface area (Å²) in [6.07, 6.45) is 9.54. The van der Waals surface area contributed by atoms with Crippen LogP contribution in [0, 0.1) is 5.92 Å². The Kier molecular flexibility index (Phi) is 5.98. The van der Waals surface area contributed by atoms with Crippen molar-refractivity contribution in [1.82, 2.24) is 14.5 Å². The van der Waals surface area contributed by atoms with Gasteiger partial charge in [0.25, 0.3) is 5.56 Å². The van der Waals surface area contributed by atoms with Crippen LogP contribution in [-0.4, -0.2) is 27.0 Å². The molecule has 2 aromatic heterocycles. The van der Waals surface area contributed by atoms with Crippen LogP contribution in [0.4, 0.5) is 5.82 Å². The number of para-hydroxylation sites is 1. The second-order valence-corrected chi connectivity index (χ2v) is 7.71. The van der Waals surface area contributed by atoms with Gasteiger partial charge < -0.3 is 0 Å². The van der Waals surface area contributed by atoms with Crippen molar-refractivity contribution in [1.29, 1.82) is 0 Å². The maximum atomic E-state index is 13.1. The van der Waals surface area contributed by atoms with Crippen LogP contribution in [0.25, 0.3) is 10.9 Å². The maximum Gasteiger partial charge on any atom is 0.261 e. The highest BCUT2D eigenvalue weighted by Crippen LogP contribution is 2.26. The lowest BCUT2D eigenvalue weighted by Crippen LogP contribution is -2.37. The minimum absolute atomic E-state index is 0.00525. The fourth-order valence-corrected chi connectivity index (χ4v) is 4.08. The topological polar surface area (TPSA) is 68.1 Å². The molecule has 0 N–H and O–H groups in total. The zero-order chi connectivity index (χ0) is 20.1. The smallest absolute Gasteiger partial charge is 0.261 e. The van der Waals surface area contributed by atoms with Crippen molar-refractivity contribution in [2.45, 2.75) is 45.1 Å². The molecule has 0 aliphatic heterocycles. The van der Waals surface area contributed by atoms with Gasteiger partial charge in [0, 0.05) is 25.7 Å². The Bertz CT molecular complexity index is 1030. The minimum Gasteiger partial charge on any atom is -0.298 e. The summed E-state index contributed by atoms with van der Waals surface area (Å²) in [5.41, 5.74) is 0.563. The van der Waals surface area contributed by atoms with Gasteiger partial charge in [-0.15, -0.1) is 0 Å². The molecule has 3 aromatic rings. The summed E-state index contributed by atoms with van der Waals surface area (Å²) in [4.78, 5) is 36.3. The number of carbonyl (C=O) groups excluding carboxylic acids is 1. The van der Waals surface area contributed by atoms with Crippen LogP contribution in [0.15, 0.2) is 59.8 Å². The van der Waals surface area contributed by atoms with E-state index in [1.807, 2.05) is 36.4 Å². The van der Waals surface area contributed by atoms with Crippen molar-refractivity contribution < 1.29 is 4.79 Å². The molecule has 0 atom stereocenters. The Morgan fingerprint density at radius 3 is 2.62 bits per heavy atom. The van der Waals surface area contributed by atoms with Crippen LogP contribution < -0.4 is 10.5 Å². The van der Waals surface area contributed by atoms with Crippen LogP contribution in [0.1, 0.15) is 38.5 Å². The Labute approximate surface area is 170 Å². The van der Waals surface area contributed by atoms with E-state index < -0.39 is 0 Å². The SMILES string of the molecule is O=C(CCn1cnc2ccccc2c1=O)N(CC1CCCCC1)c1ccccn1. The largest absolute Gasteiger partial charge is 0.298 e. The number of hydrogen-bond donors (Lipinski definition) is 0. The summed E-state index contributed by atoms with van der Waals surface area (Å²) in [5, 5.41) is 0.575. The molecule has 1 aliphatic carbocycles. The van der Waals surface area contributed by atoms with E-state index in [0.717, 1.165) is 12.8 Å². The van der Waals surface area contributed by atoms with Gasteiger partial charge in [-0.25, -0.2) is 9.97 Å². The number of rotatable bonds is 6. The van der Waals surface area contributed by atoms with Gasteiger partial charge in [-0.1, -0.05) is 37.5 Å². The van der Waals surface area contributed by atoms with Crippen LogP contribution in [0.5, 0.6) is 0 Å². The molecule has 1 amide bonds. The number of aromatic nitrogens is 3. The third-order valence-corrected chi connectivity index (χ3v) is 5.69. The molecular formula is C23H26N4O2. The summed E-state index contributed by atoms with van der Waals surface area (Å²) < 4.78 is 1.53. The van der Waals surface area contributed by atoms with Gasteiger partial charge in [-0.2, -0.15) is 0 Å². The van der Waals surface area contributed by atoms with Gasteiger partial charge in [-0.3, -0.25) is 19.1 Å². The zero-order valence-corrected chi connectivity index (χ0v) is 16.5. The highest BCUT2D eigenvalue weighted by molar-refractivity contribution is 5.92. The highest BCUT2D eigenvalue weighted by Gasteiger charge is 2.23. The molecule has 1 saturated carbocycles. The molecule has 4 rings (SSSR count). The number of hydrogen-bond acceptors (Lipinski definition) is 4. The van der Waals surface area contributed by atoms with E-state index in [1.165, 1.54) is 30.2 Å². The Balaban J connectivity index is 1.50. The van der Waals surface area contributed by atoms with E-state index in [9.17, 15) is 9.59 Å². The molecule has 0 saturated heterocycles. The summed E-state index contributed by atoms with van der Waals surface area (Å²) >= 11 is 0. The number of pyridine rings is 1. The van der Waals surface area contributed by atoms with E-state index in [2.05, 4.69) is 9.97 Å². The van der Waals surface area contributed by atoms with E-state index in [4.69, 9.17) is 0 Å². The van der Waals surface area contributed by atoms with Crippen molar-refractivity contribution in [2.75, 3.05) is 11.4 Å². The molecule has 1 fully saturated rings. The Morgan fingerprint density at radius 1 is 1.03 bits per heavy atom. The average Bonchev–Trinajstić information content (AvgIpc) is 2.78. The number of anilines is 1. The quantitative estimate of drug-likeness (QED) is 0.642. The highest BCUT2D eigenvalue weighted by atomic mass is 16.2. The molecule has 0 unspecified atom stereocenters. The summed E-state index contributed by atoms with van der Waals surface area (Å²) in [5.74, 6) is 1.20. The predicted octanol–water partition coefficient (Wildman–Crippen LogP) is 3.80. The number of amides is 1. The number of benzene rings is 1. The summed E-state index contributed by atoms with van der Waals surface area (Å²) in [6, 6.07) is 12.9. The second-order valence-electron chi connectivity index (χ2n) is 7.71. The van der Waals surface area contributed by atoms with E-state index in [0.29, 0.717) is 35.7 Å². The molecule has 6 nitrogen and oxygen atoms in total. The molecule has 150 valence electrons. The predicted molar refractivity (Wildman–Crippen MR) is 114 cm³/mol. The molecular weight excluding hydrogens is 364 g/mol. The molecule has 29 heavy (non-hydrogen) atoms. The maximum absolute atomic E-state index is 13.1. The Morgan fingerprint density at radius 2 is 1.83 bits per heavy atom. The lowest BCUT2D eigenvalue weighted by molar-refractivity contribution is -0.119. The third-order valence-electron chi connectivity index (χ3n) is 5.69. The summed E-state index contributed by atoms with van der Waals surface area (Å²) in [6.45, 7) is 1.00. The van der Waals surface area contributed by atoms with Gasteiger partial charge in [0.2, 0.25) is 5.91 Å². The zero-order valence-electron chi connectivity index (χ0n) is 16.5. The first kappa shape index (κ1) is 19.3. The number of nitrogens with zero attached hydrogens (tertiary/aromatic N) is 4. The van der Waals surface area contributed by atoms with Gasteiger partial charge in [-0.05, 0) is 43.0 Å². The number of fused-ring (bicyclic) bond motifs is 1. The van der Waals surface area contributed by atoms with Crippen LogP contribution in [0.3, 0.4) is 0 Å². The minimum atomic E-state index is -0.111. The molecule has 2 heterocycles. The van der Waals surface area contributed by atoms with Gasteiger partial charge >= 0.3 is 0 Å². The molecule has 1 aliphatic rings. The molecule has 0 radical (unpaired) electrons. The standard InChI is InChI=1S/C23H26N4O2/c28-22(13-15-26-17-25-20-11-5-4-10-19(20)23(26)29)27(21-12-6-7-14-24-21)16-18-8-2-1-3-9-18/h4-7,10-12,14,17-18H,1-3,8-9,13,15-16H2. The number of aryl methyl sites for hydroxylation is 1. The molecule has 1 aromatic carbocycles. The van der Waals surface area contributed by atoms with Crippen molar-refractivity contribution >= 4 is 22.6 Å². The monoisotopic (exact) mass is 390 g/mol. The molecule has 6 heteroatoms. The van der Waals surface area contributed by atoms with E-state index in [1.54, 1.807) is 17.2 Å². The third kappa shape index (κ3) is 4.53. The molecule has 0 spiro atoms. The fourth-order valence-electron chi connectivity index (χ4n) is 4.08. The van der Waals surface area contributed by atoms with Crippen molar-refractivity contribution in [3.05, 3.63) is 65.3 Å².